The molecule has 1 nitrogen and oxygen atoms in total. The maximum absolute atomic E-state index is 2.48. The van der Waals surface area contributed by atoms with Crippen LogP contribution in [-0.2, 0) is 5.41 Å². The first kappa shape index (κ1) is 34.1. The number of fused-ring (bicyclic) bond motifs is 7. The summed E-state index contributed by atoms with van der Waals surface area (Å²) in [5.74, 6) is 0. The molecule has 10 aromatic rings. The fraction of sp³-hybridized carbons (Fsp3) is 0.0526. The standard InChI is InChI=1S/C57H41N/c1-57(2)52-35-30-41-18-9-11-22-50(41)56(52)51-34-29-44(37-53(51)57)55-49(40-15-4-3-5-16-40)24-13-25-54(55)58(46-33-26-38-14-6-7-19-43(38)36-46)45-31-27-42(28-32-45)48-23-12-20-39-17-8-10-21-47(39)48/h3-37H,1-2H3. The summed E-state index contributed by atoms with van der Waals surface area (Å²) in [4.78, 5) is 2.46. The van der Waals surface area contributed by atoms with E-state index < -0.39 is 0 Å². The lowest BCUT2D eigenvalue weighted by atomic mass is 9.80. The van der Waals surface area contributed by atoms with Crippen LogP contribution in [0.5, 0.6) is 0 Å². The van der Waals surface area contributed by atoms with Crippen LogP contribution in [0.15, 0.2) is 212 Å². The van der Waals surface area contributed by atoms with E-state index in [2.05, 4.69) is 231 Å². The predicted molar refractivity (Wildman–Crippen MR) is 248 cm³/mol. The number of rotatable bonds is 6. The van der Waals surface area contributed by atoms with Crippen molar-refractivity contribution < 1.29 is 0 Å². The van der Waals surface area contributed by atoms with Crippen LogP contribution in [0.1, 0.15) is 25.0 Å². The van der Waals surface area contributed by atoms with E-state index >= 15 is 0 Å². The van der Waals surface area contributed by atoms with Gasteiger partial charge in [0.25, 0.3) is 0 Å². The highest BCUT2D eigenvalue weighted by Crippen LogP contribution is 2.54. The van der Waals surface area contributed by atoms with E-state index in [0.717, 1.165) is 17.1 Å². The fourth-order valence-electron chi connectivity index (χ4n) is 9.56. The van der Waals surface area contributed by atoms with Gasteiger partial charge in [0.05, 0.1) is 5.69 Å². The largest absolute Gasteiger partial charge is 0.310 e. The molecule has 0 bridgehead atoms. The van der Waals surface area contributed by atoms with Crippen LogP contribution in [0, 0.1) is 0 Å². The summed E-state index contributed by atoms with van der Waals surface area (Å²) in [5.41, 5.74) is 15.9. The monoisotopic (exact) mass is 739 g/mol. The molecule has 0 heterocycles. The molecular formula is C57H41N. The first-order valence-electron chi connectivity index (χ1n) is 20.3. The Balaban J connectivity index is 1.15. The molecule has 0 fully saturated rings. The van der Waals surface area contributed by atoms with Gasteiger partial charge in [0.1, 0.15) is 0 Å². The van der Waals surface area contributed by atoms with Gasteiger partial charge >= 0.3 is 0 Å². The molecule has 1 aliphatic rings. The van der Waals surface area contributed by atoms with Crippen LogP contribution in [0.2, 0.25) is 0 Å². The van der Waals surface area contributed by atoms with Crippen LogP contribution in [0.25, 0.3) is 76.8 Å². The van der Waals surface area contributed by atoms with Crippen molar-refractivity contribution in [2.75, 3.05) is 4.90 Å². The summed E-state index contributed by atoms with van der Waals surface area (Å²) in [5, 5.41) is 7.54. The van der Waals surface area contributed by atoms with Crippen molar-refractivity contribution in [3.05, 3.63) is 223 Å². The number of benzene rings is 10. The molecule has 0 unspecified atom stereocenters. The predicted octanol–water partition coefficient (Wildman–Crippen LogP) is 15.9. The van der Waals surface area contributed by atoms with Crippen molar-refractivity contribution in [3.63, 3.8) is 0 Å². The van der Waals surface area contributed by atoms with Crippen molar-refractivity contribution in [2.45, 2.75) is 19.3 Å². The van der Waals surface area contributed by atoms with Crippen LogP contribution < -0.4 is 4.90 Å². The van der Waals surface area contributed by atoms with Crippen molar-refractivity contribution in [3.8, 4) is 44.5 Å². The van der Waals surface area contributed by atoms with Gasteiger partial charge in [0.15, 0.2) is 0 Å². The Morgan fingerprint density at radius 1 is 0.328 bits per heavy atom. The molecule has 1 heteroatoms. The topological polar surface area (TPSA) is 3.24 Å². The SMILES string of the molecule is CC1(C)c2cc(-c3c(-c4ccccc4)cccc3N(c3ccc(-c4cccc5ccccc45)cc3)c3ccc4ccccc4c3)ccc2-c2c1ccc1ccccc21. The van der Waals surface area contributed by atoms with Gasteiger partial charge in [-0.15, -0.1) is 0 Å². The third-order valence-corrected chi connectivity index (χ3v) is 12.4. The van der Waals surface area contributed by atoms with Gasteiger partial charge in [0, 0.05) is 22.4 Å². The zero-order valence-electron chi connectivity index (χ0n) is 32.7. The van der Waals surface area contributed by atoms with Crippen molar-refractivity contribution in [1.29, 1.82) is 0 Å². The van der Waals surface area contributed by atoms with Crippen LogP contribution in [0.3, 0.4) is 0 Å². The summed E-state index contributed by atoms with van der Waals surface area (Å²) in [6.07, 6.45) is 0. The highest BCUT2D eigenvalue weighted by molar-refractivity contribution is 6.05. The van der Waals surface area contributed by atoms with E-state index in [1.165, 1.54) is 88.0 Å². The second-order valence-electron chi connectivity index (χ2n) is 16.1. The Kier molecular flexibility index (Phi) is 7.91. The average Bonchev–Trinajstić information content (AvgIpc) is 3.52. The van der Waals surface area contributed by atoms with E-state index in [-0.39, 0.29) is 5.41 Å². The smallest absolute Gasteiger partial charge is 0.0546 e. The third-order valence-electron chi connectivity index (χ3n) is 12.4. The summed E-state index contributed by atoms with van der Waals surface area (Å²) < 4.78 is 0. The molecule has 0 aliphatic heterocycles. The Hall–Kier alpha value is -7.22. The molecule has 0 radical (unpaired) electrons. The molecule has 0 aromatic heterocycles. The molecule has 0 saturated heterocycles. The normalized spacial score (nSPS) is 12.8. The van der Waals surface area contributed by atoms with E-state index in [1.54, 1.807) is 0 Å². The number of nitrogens with zero attached hydrogens (tertiary/aromatic N) is 1. The average molecular weight is 740 g/mol. The molecule has 1 aliphatic carbocycles. The van der Waals surface area contributed by atoms with Crippen LogP contribution in [0.4, 0.5) is 17.1 Å². The minimum atomic E-state index is -0.165. The highest BCUT2D eigenvalue weighted by Gasteiger charge is 2.37. The van der Waals surface area contributed by atoms with Gasteiger partial charge in [-0.25, -0.2) is 0 Å². The zero-order chi connectivity index (χ0) is 38.8. The molecule has 0 amide bonds. The second-order valence-corrected chi connectivity index (χ2v) is 16.1. The first-order valence-corrected chi connectivity index (χ1v) is 20.3. The van der Waals surface area contributed by atoms with Gasteiger partial charge in [-0.1, -0.05) is 190 Å². The molecule has 274 valence electrons. The Labute approximate surface area is 340 Å². The molecule has 0 N–H and O–H groups in total. The van der Waals surface area contributed by atoms with Crippen LogP contribution in [-0.4, -0.2) is 0 Å². The van der Waals surface area contributed by atoms with E-state index in [0.29, 0.717) is 0 Å². The lowest BCUT2D eigenvalue weighted by molar-refractivity contribution is 0.661. The molecule has 0 atom stereocenters. The van der Waals surface area contributed by atoms with Crippen LogP contribution >= 0.6 is 0 Å². The Morgan fingerprint density at radius 2 is 0.914 bits per heavy atom. The minimum absolute atomic E-state index is 0.165. The zero-order valence-corrected chi connectivity index (χ0v) is 32.7. The Morgan fingerprint density at radius 3 is 1.72 bits per heavy atom. The summed E-state index contributed by atoms with van der Waals surface area (Å²) >= 11 is 0. The van der Waals surface area contributed by atoms with Gasteiger partial charge < -0.3 is 4.90 Å². The number of hydrogen-bond acceptors (Lipinski definition) is 1. The maximum atomic E-state index is 2.48. The number of anilines is 3. The lowest BCUT2D eigenvalue weighted by Crippen LogP contribution is -2.15. The maximum Gasteiger partial charge on any atom is 0.0546 e. The number of hydrogen-bond donors (Lipinski definition) is 0. The minimum Gasteiger partial charge on any atom is -0.310 e. The van der Waals surface area contributed by atoms with Gasteiger partial charge in [-0.05, 0) is 119 Å². The van der Waals surface area contributed by atoms with E-state index in [1.807, 2.05) is 0 Å². The van der Waals surface area contributed by atoms with Crippen molar-refractivity contribution in [2.24, 2.45) is 0 Å². The Bertz CT molecular complexity index is 3180. The van der Waals surface area contributed by atoms with Crippen molar-refractivity contribution in [1.82, 2.24) is 0 Å². The highest BCUT2D eigenvalue weighted by atomic mass is 15.1. The molecule has 58 heavy (non-hydrogen) atoms. The fourth-order valence-corrected chi connectivity index (χ4v) is 9.56. The first-order chi connectivity index (χ1) is 28.5. The molecule has 0 spiro atoms. The molecule has 0 saturated carbocycles. The van der Waals surface area contributed by atoms with Crippen molar-refractivity contribution >= 4 is 49.4 Å². The summed E-state index contributed by atoms with van der Waals surface area (Å²) in [7, 11) is 0. The molecule has 10 aromatic carbocycles. The lowest BCUT2D eigenvalue weighted by Gasteiger charge is -2.30. The van der Waals surface area contributed by atoms with Gasteiger partial charge in [0.2, 0.25) is 0 Å². The quantitative estimate of drug-likeness (QED) is 0.164. The van der Waals surface area contributed by atoms with Gasteiger partial charge in [-0.2, -0.15) is 0 Å². The van der Waals surface area contributed by atoms with E-state index in [4.69, 9.17) is 0 Å². The summed E-state index contributed by atoms with van der Waals surface area (Å²) in [6, 6.07) is 78.3. The second kappa shape index (κ2) is 13.5. The van der Waals surface area contributed by atoms with E-state index in [9.17, 15) is 0 Å². The van der Waals surface area contributed by atoms with Gasteiger partial charge in [-0.3, -0.25) is 0 Å². The summed E-state index contributed by atoms with van der Waals surface area (Å²) in [6.45, 7) is 4.78. The molecule has 11 rings (SSSR count). The third kappa shape index (κ3) is 5.46. The molecular weight excluding hydrogens is 699 g/mol.